The van der Waals surface area contributed by atoms with Gasteiger partial charge in [0.05, 0.1) is 0 Å². The van der Waals surface area contributed by atoms with Gasteiger partial charge in [-0.15, -0.1) is 0 Å². The van der Waals surface area contributed by atoms with Crippen molar-refractivity contribution in [2.45, 2.75) is 44.9 Å². The van der Waals surface area contributed by atoms with Gasteiger partial charge in [0.15, 0.2) is 0 Å². The summed E-state index contributed by atoms with van der Waals surface area (Å²) in [5.74, 6) is 0. The fraction of sp³-hybridized carbons (Fsp3) is 0.600. The van der Waals surface area contributed by atoms with Gasteiger partial charge in [-0.1, -0.05) is 60.8 Å². The number of hydrogen-bond donors (Lipinski definition) is 1. The minimum absolute atomic E-state index is 0.214. The van der Waals surface area contributed by atoms with Crippen molar-refractivity contribution in [3.63, 3.8) is 0 Å². The Balaban J connectivity index is 2.28. The van der Waals surface area contributed by atoms with Gasteiger partial charge in [-0.25, -0.2) is 0 Å². The molecule has 2 heteroatoms. The second kappa shape index (κ2) is 4.74. The summed E-state index contributed by atoms with van der Waals surface area (Å²) in [5, 5.41) is 0. The lowest BCUT2D eigenvalue weighted by molar-refractivity contribution is 0.0178. The summed E-state index contributed by atoms with van der Waals surface area (Å²) in [6.07, 6.45) is 5.03. The van der Waals surface area contributed by atoms with Crippen LogP contribution in [0.4, 0.5) is 0 Å². The zero-order valence-corrected chi connectivity index (χ0v) is 12.4. The summed E-state index contributed by atoms with van der Waals surface area (Å²) < 4.78 is 1.21. The van der Waals surface area contributed by atoms with Crippen LogP contribution in [0.2, 0.25) is 0 Å². The first-order valence-corrected chi connectivity index (χ1v) is 7.36. The van der Waals surface area contributed by atoms with Gasteiger partial charge in [0, 0.05) is 16.4 Å². The maximum absolute atomic E-state index is 6.08. The van der Waals surface area contributed by atoms with Crippen molar-refractivity contribution in [1.29, 1.82) is 0 Å². The molecule has 0 radical (unpaired) electrons. The van der Waals surface area contributed by atoms with Crippen molar-refractivity contribution in [2.75, 3.05) is 6.54 Å². The molecule has 1 aromatic carbocycles. The Morgan fingerprint density at radius 1 is 1.18 bits per heavy atom. The molecule has 2 rings (SSSR count). The van der Waals surface area contributed by atoms with Crippen LogP contribution in [-0.2, 0) is 5.41 Å². The van der Waals surface area contributed by atoms with Crippen molar-refractivity contribution < 1.29 is 0 Å². The van der Waals surface area contributed by atoms with E-state index in [1.807, 2.05) is 0 Å². The summed E-state index contributed by atoms with van der Waals surface area (Å²) in [6.45, 7) is 5.38. The van der Waals surface area contributed by atoms with Gasteiger partial charge in [0.1, 0.15) is 0 Å². The van der Waals surface area contributed by atoms with Crippen LogP contribution in [0.5, 0.6) is 0 Å². The second-order valence-electron chi connectivity index (χ2n) is 5.52. The first-order valence-electron chi connectivity index (χ1n) is 6.56. The van der Waals surface area contributed by atoms with Crippen LogP contribution in [0, 0.1) is 5.41 Å². The summed E-state index contributed by atoms with van der Waals surface area (Å²) >= 11 is 3.67. The van der Waals surface area contributed by atoms with Gasteiger partial charge in [-0.05, 0) is 29.9 Å². The Hall–Kier alpha value is -0.340. The van der Waals surface area contributed by atoms with Gasteiger partial charge in [-0.3, -0.25) is 0 Å². The van der Waals surface area contributed by atoms with Gasteiger partial charge >= 0.3 is 0 Å². The predicted molar refractivity (Wildman–Crippen MR) is 77.1 cm³/mol. The molecule has 0 aromatic heterocycles. The number of halogens is 1. The summed E-state index contributed by atoms with van der Waals surface area (Å²) in [7, 11) is 0. The highest BCUT2D eigenvalue weighted by atomic mass is 79.9. The van der Waals surface area contributed by atoms with Crippen LogP contribution < -0.4 is 5.73 Å². The molecular weight excluding hydrogens is 274 g/mol. The van der Waals surface area contributed by atoms with Crippen molar-refractivity contribution in [3.8, 4) is 0 Å². The largest absolute Gasteiger partial charge is 0.330 e. The first-order chi connectivity index (χ1) is 8.11. The SMILES string of the molecule is CCC1(CC)CC(CN)(c2ccccc2Br)C1. The number of benzene rings is 1. The Kier molecular flexibility index (Phi) is 3.65. The zero-order valence-electron chi connectivity index (χ0n) is 10.8. The lowest BCUT2D eigenvalue weighted by Crippen LogP contribution is -2.53. The molecule has 0 heterocycles. The molecule has 0 atom stereocenters. The fourth-order valence-corrected chi connectivity index (χ4v) is 4.18. The summed E-state index contributed by atoms with van der Waals surface area (Å²) in [4.78, 5) is 0. The van der Waals surface area contributed by atoms with Gasteiger partial charge < -0.3 is 5.73 Å². The quantitative estimate of drug-likeness (QED) is 0.883. The van der Waals surface area contributed by atoms with Crippen LogP contribution in [0.15, 0.2) is 28.7 Å². The van der Waals surface area contributed by atoms with E-state index in [4.69, 9.17) is 5.73 Å². The van der Waals surface area contributed by atoms with E-state index in [9.17, 15) is 0 Å². The molecule has 0 amide bonds. The van der Waals surface area contributed by atoms with E-state index in [0.29, 0.717) is 5.41 Å². The van der Waals surface area contributed by atoms with Gasteiger partial charge in [0.25, 0.3) is 0 Å². The summed E-state index contributed by atoms with van der Waals surface area (Å²) in [5.41, 5.74) is 8.23. The molecule has 1 aliphatic rings. The van der Waals surface area contributed by atoms with E-state index in [1.54, 1.807) is 0 Å². The number of hydrogen-bond acceptors (Lipinski definition) is 1. The normalized spacial score (nSPS) is 20.9. The monoisotopic (exact) mass is 295 g/mol. The lowest BCUT2D eigenvalue weighted by Gasteiger charge is -2.56. The molecule has 1 aliphatic carbocycles. The first kappa shape index (κ1) is 13.1. The molecule has 1 saturated carbocycles. The number of nitrogens with two attached hydrogens (primary N) is 1. The molecule has 0 bridgehead atoms. The molecule has 1 aromatic rings. The Bertz CT molecular complexity index is 388. The summed E-state index contributed by atoms with van der Waals surface area (Å²) in [6, 6.07) is 8.55. The highest BCUT2D eigenvalue weighted by molar-refractivity contribution is 9.10. The zero-order chi connectivity index (χ0) is 12.5. The molecule has 0 spiro atoms. The van der Waals surface area contributed by atoms with Crippen molar-refractivity contribution in [1.82, 2.24) is 0 Å². The predicted octanol–water partition coefficient (Wildman–Crippen LogP) is 4.25. The van der Waals surface area contributed by atoms with Crippen molar-refractivity contribution in [2.24, 2.45) is 11.1 Å². The third kappa shape index (κ3) is 2.06. The standard InChI is InChI=1S/C15H22BrN/c1-3-14(4-2)9-15(10-14,11-17)12-7-5-6-8-13(12)16/h5-8H,3-4,9-11,17H2,1-2H3. The van der Waals surface area contributed by atoms with Crippen LogP contribution in [-0.4, -0.2) is 6.54 Å². The second-order valence-corrected chi connectivity index (χ2v) is 6.38. The molecule has 0 unspecified atom stereocenters. The van der Waals surface area contributed by atoms with Crippen LogP contribution in [0.25, 0.3) is 0 Å². The third-order valence-electron chi connectivity index (χ3n) is 4.76. The molecule has 0 saturated heterocycles. The average Bonchev–Trinajstić information content (AvgIpc) is 2.32. The van der Waals surface area contributed by atoms with Crippen LogP contribution >= 0.6 is 15.9 Å². The highest BCUT2D eigenvalue weighted by Crippen LogP contribution is 2.59. The smallest absolute Gasteiger partial charge is 0.0213 e. The van der Waals surface area contributed by atoms with Crippen LogP contribution in [0.3, 0.4) is 0 Å². The van der Waals surface area contributed by atoms with Gasteiger partial charge in [-0.2, -0.15) is 0 Å². The Labute approximate surface area is 113 Å². The molecule has 94 valence electrons. The van der Waals surface area contributed by atoms with Crippen molar-refractivity contribution >= 4 is 15.9 Å². The molecule has 1 fully saturated rings. The maximum Gasteiger partial charge on any atom is 0.0213 e. The fourth-order valence-electron chi connectivity index (χ4n) is 3.47. The lowest BCUT2D eigenvalue weighted by atomic mass is 9.48. The van der Waals surface area contributed by atoms with E-state index in [2.05, 4.69) is 54.0 Å². The minimum atomic E-state index is 0.214. The molecule has 0 aliphatic heterocycles. The van der Waals surface area contributed by atoms with Gasteiger partial charge in [0.2, 0.25) is 0 Å². The molecule has 2 N–H and O–H groups in total. The minimum Gasteiger partial charge on any atom is -0.330 e. The van der Waals surface area contributed by atoms with E-state index in [0.717, 1.165) is 6.54 Å². The highest BCUT2D eigenvalue weighted by Gasteiger charge is 2.52. The van der Waals surface area contributed by atoms with E-state index < -0.39 is 0 Å². The molecule has 17 heavy (non-hydrogen) atoms. The van der Waals surface area contributed by atoms with E-state index in [1.165, 1.54) is 35.7 Å². The Morgan fingerprint density at radius 2 is 1.76 bits per heavy atom. The van der Waals surface area contributed by atoms with E-state index in [-0.39, 0.29) is 5.41 Å². The average molecular weight is 296 g/mol. The topological polar surface area (TPSA) is 26.0 Å². The number of rotatable bonds is 4. The van der Waals surface area contributed by atoms with Crippen molar-refractivity contribution in [3.05, 3.63) is 34.3 Å². The Morgan fingerprint density at radius 3 is 2.24 bits per heavy atom. The van der Waals surface area contributed by atoms with E-state index >= 15 is 0 Å². The third-order valence-corrected chi connectivity index (χ3v) is 5.45. The maximum atomic E-state index is 6.08. The molecule has 1 nitrogen and oxygen atoms in total. The molecular formula is C15H22BrN. The van der Waals surface area contributed by atoms with Crippen LogP contribution in [0.1, 0.15) is 45.1 Å².